The van der Waals surface area contributed by atoms with E-state index in [-0.39, 0.29) is 23.0 Å². The number of hydrogen-bond acceptors (Lipinski definition) is 3. The molecule has 190 valence electrons. The van der Waals surface area contributed by atoms with Gasteiger partial charge < -0.3 is 0 Å². The van der Waals surface area contributed by atoms with Crippen molar-refractivity contribution in [3.63, 3.8) is 0 Å². The van der Waals surface area contributed by atoms with Crippen LogP contribution in [0.25, 0.3) is 0 Å². The summed E-state index contributed by atoms with van der Waals surface area (Å²) in [4.78, 5) is 21.0. The van der Waals surface area contributed by atoms with Crippen LogP contribution in [0.15, 0.2) is 76.0 Å². The molecular weight excluding hydrogens is 543 g/mol. The average molecular weight is 568 g/mol. The van der Waals surface area contributed by atoms with Crippen molar-refractivity contribution in [2.24, 2.45) is 0 Å². The third-order valence-corrected chi connectivity index (χ3v) is 7.26. The van der Waals surface area contributed by atoms with Gasteiger partial charge in [0.05, 0.1) is 17.3 Å². The molecule has 0 aliphatic carbocycles. The average Bonchev–Trinajstić information content (AvgIpc) is 2.89. The number of benzene rings is 3. The van der Waals surface area contributed by atoms with E-state index in [0.29, 0.717) is 65.0 Å². The lowest BCUT2D eigenvalue weighted by Gasteiger charge is -2.31. The van der Waals surface area contributed by atoms with Gasteiger partial charge in [0.15, 0.2) is 0 Å². The van der Waals surface area contributed by atoms with Crippen LogP contribution >= 0.6 is 15.9 Å². The molecular formula is C29H25BrF3N3O. The summed E-state index contributed by atoms with van der Waals surface area (Å²) in [7, 11) is 0. The smallest absolute Gasteiger partial charge is 0.259 e. The van der Waals surface area contributed by atoms with E-state index in [2.05, 4.69) is 15.9 Å². The maximum Gasteiger partial charge on any atom is 0.259 e. The van der Waals surface area contributed by atoms with E-state index in [0.717, 1.165) is 5.69 Å². The Labute approximate surface area is 221 Å². The van der Waals surface area contributed by atoms with Crippen LogP contribution in [0.5, 0.6) is 0 Å². The fraction of sp³-hybridized carbons (Fsp3) is 0.241. The first-order valence-electron chi connectivity index (χ1n) is 12.1. The van der Waals surface area contributed by atoms with Crippen LogP contribution < -0.4 is 5.56 Å². The molecule has 0 bridgehead atoms. The molecule has 2 heterocycles. The molecule has 1 aliphatic heterocycles. The predicted octanol–water partition coefficient (Wildman–Crippen LogP) is 6.18. The number of fused-ring (bicyclic) bond motifs is 1. The molecule has 5 rings (SSSR count). The molecule has 0 saturated heterocycles. The van der Waals surface area contributed by atoms with Crippen molar-refractivity contribution in [3.8, 4) is 0 Å². The molecule has 0 N–H and O–H groups in total. The van der Waals surface area contributed by atoms with E-state index in [4.69, 9.17) is 4.98 Å². The van der Waals surface area contributed by atoms with Crippen molar-refractivity contribution in [1.82, 2.24) is 14.5 Å². The molecule has 0 saturated carbocycles. The van der Waals surface area contributed by atoms with Gasteiger partial charge in [0.1, 0.15) is 23.3 Å². The molecule has 0 unspecified atom stereocenters. The van der Waals surface area contributed by atoms with Crippen LogP contribution in [-0.2, 0) is 25.9 Å². The lowest BCUT2D eigenvalue weighted by molar-refractivity contribution is 0.236. The molecule has 0 amide bonds. The van der Waals surface area contributed by atoms with Gasteiger partial charge in [-0.05, 0) is 47.5 Å². The predicted molar refractivity (Wildman–Crippen MR) is 140 cm³/mol. The summed E-state index contributed by atoms with van der Waals surface area (Å²) >= 11 is 3.29. The first kappa shape index (κ1) is 25.4. The second kappa shape index (κ2) is 10.6. The fourth-order valence-corrected chi connectivity index (χ4v) is 5.25. The lowest BCUT2D eigenvalue weighted by Crippen LogP contribution is -2.40. The Kier molecular flexibility index (Phi) is 7.31. The molecule has 0 fully saturated rings. The molecule has 37 heavy (non-hydrogen) atoms. The molecule has 4 nitrogen and oxygen atoms in total. The van der Waals surface area contributed by atoms with E-state index < -0.39 is 6.04 Å². The highest BCUT2D eigenvalue weighted by atomic mass is 79.9. The van der Waals surface area contributed by atoms with Crippen molar-refractivity contribution in [2.45, 2.75) is 38.9 Å². The highest BCUT2D eigenvalue weighted by Crippen LogP contribution is 2.29. The second-order valence-corrected chi connectivity index (χ2v) is 10.1. The third kappa shape index (κ3) is 5.26. The highest BCUT2D eigenvalue weighted by molar-refractivity contribution is 9.10. The minimum atomic E-state index is -0.610. The van der Waals surface area contributed by atoms with E-state index >= 15 is 0 Å². The Morgan fingerprint density at radius 3 is 2.14 bits per heavy atom. The number of aryl methyl sites for hydroxylation is 1. The summed E-state index contributed by atoms with van der Waals surface area (Å²) in [5.41, 5.74) is 3.06. The second-order valence-electron chi connectivity index (χ2n) is 9.18. The maximum absolute atomic E-state index is 14.5. The van der Waals surface area contributed by atoms with Gasteiger partial charge in [0.2, 0.25) is 0 Å². The van der Waals surface area contributed by atoms with Crippen LogP contribution in [0, 0.1) is 17.5 Å². The molecule has 0 atom stereocenters. The minimum Gasteiger partial charge on any atom is -0.294 e. The van der Waals surface area contributed by atoms with Gasteiger partial charge in [-0.3, -0.25) is 14.3 Å². The zero-order valence-corrected chi connectivity index (χ0v) is 21.8. The standard InChI is InChI=1S/C29H25BrF3N3O/c1-2-27-34-26-13-14-35(16-20-3-8-21(30)15-25(20)33)17-24(26)29(37)36(27)28(18-4-9-22(31)10-5-18)19-6-11-23(32)12-7-19/h3-12,15,28H,2,13-14,16-17H2,1H3. The maximum atomic E-state index is 14.5. The summed E-state index contributed by atoms with van der Waals surface area (Å²) < 4.78 is 44.3. The van der Waals surface area contributed by atoms with Crippen LogP contribution in [0.2, 0.25) is 0 Å². The van der Waals surface area contributed by atoms with E-state index in [1.165, 1.54) is 30.3 Å². The van der Waals surface area contributed by atoms with E-state index in [9.17, 15) is 18.0 Å². The van der Waals surface area contributed by atoms with Crippen molar-refractivity contribution in [1.29, 1.82) is 0 Å². The molecule has 1 aromatic heterocycles. The highest BCUT2D eigenvalue weighted by Gasteiger charge is 2.28. The number of rotatable bonds is 6. The van der Waals surface area contributed by atoms with Crippen LogP contribution in [0.4, 0.5) is 13.2 Å². The summed E-state index contributed by atoms with van der Waals surface area (Å²) in [6.45, 7) is 3.29. The summed E-state index contributed by atoms with van der Waals surface area (Å²) in [5.74, 6) is -0.465. The van der Waals surface area contributed by atoms with Gasteiger partial charge in [-0.2, -0.15) is 0 Å². The third-order valence-electron chi connectivity index (χ3n) is 6.77. The number of hydrogen-bond donors (Lipinski definition) is 0. The van der Waals surface area contributed by atoms with Gasteiger partial charge in [-0.1, -0.05) is 53.2 Å². The van der Waals surface area contributed by atoms with Crippen molar-refractivity contribution >= 4 is 15.9 Å². The Balaban J connectivity index is 1.59. The zero-order valence-electron chi connectivity index (χ0n) is 20.2. The number of nitrogens with zero attached hydrogens (tertiary/aromatic N) is 3. The lowest BCUT2D eigenvalue weighted by atomic mass is 9.97. The van der Waals surface area contributed by atoms with E-state index in [1.54, 1.807) is 41.0 Å². The summed E-state index contributed by atoms with van der Waals surface area (Å²) in [5, 5.41) is 0. The van der Waals surface area contributed by atoms with Gasteiger partial charge >= 0.3 is 0 Å². The largest absolute Gasteiger partial charge is 0.294 e. The number of aromatic nitrogens is 2. The van der Waals surface area contributed by atoms with Gasteiger partial charge in [-0.25, -0.2) is 18.2 Å². The minimum absolute atomic E-state index is 0.193. The van der Waals surface area contributed by atoms with Crippen LogP contribution in [-0.4, -0.2) is 21.0 Å². The fourth-order valence-electron chi connectivity index (χ4n) is 4.92. The first-order chi connectivity index (χ1) is 17.8. The van der Waals surface area contributed by atoms with Crippen molar-refractivity contribution in [3.05, 3.63) is 133 Å². The SMILES string of the molecule is CCc1nc2c(c(=O)n1C(c1ccc(F)cc1)c1ccc(F)cc1)CN(Cc1ccc(Br)cc1F)CC2. The Morgan fingerprint density at radius 1 is 0.946 bits per heavy atom. The topological polar surface area (TPSA) is 38.1 Å². The monoisotopic (exact) mass is 567 g/mol. The molecule has 0 spiro atoms. The van der Waals surface area contributed by atoms with Crippen LogP contribution in [0.3, 0.4) is 0 Å². The summed E-state index contributed by atoms with van der Waals surface area (Å²) in [6, 6.07) is 16.3. The molecule has 3 aromatic carbocycles. The van der Waals surface area contributed by atoms with Gasteiger partial charge in [0.25, 0.3) is 5.56 Å². The normalized spacial score (nSPS) is 13.7. The van der Waals surface area contributed by atoms with E-state index in [1.807, 2.05) is 11.8 Å². The Hall–Kier alpha value is -3.23. The van der Waals surface area contributed by atoms with Crippen molar-refractivity contribution in [2.75, 3.05) is 6.54 Å². The first-order valence-corrected chi connectivity index (χ1v) is 12.9. The van der Waals surface area contributed by atoms with Crippen LogP contribution in [0.1, 0.15) is 46.7 Å². The molecule has 4 aromatic rings. The molecule has 1 aliphatic rings. The molecule has 8 heteroatoms. The number of halogens is 4. The Morgan fingerprint density at radius 2 is 1.57 bits per heavy atom. The zero-order chi connectivity index (χ0) is 26.1. The van der Waals surface area contributed by atoms with Crippen molar-refractivity contribution < 1.29 is 13.2 Å². The summed E-state index contributed by atoms with van der Waals surface area (Å²) in [6.07, 6.45) is 1.09. The van der Waals surface area contributed by atoms with Gasteiger partial charge in [0, 0.05) is 42.5 Å². The Bertz CT molecular complexity index is 1440. The quantitative estimate of drug-likeness (QED) is 0.279. The molecule has 0 radical (unpaired) electrons. The van der Waals surface area contributed by atoms with Gasteiger partial charge in [-0.15, -0.1) is 0 Å².